The fourth-order valence-corrected chi connectivity index (χ4v) is 3.40. The van der Waals surface area contributed by atoms with Crippen molar-refractivity contribution in [3.05, 3.63) is 21.7 Å². The Morgan fingerprint density at radius 3 is 2.48 bits per heavy atom. The van der Waals surface area contributed by atoms with Crippen LogP contribution in [0.1, 0.15) is 60.3 Å². The lowest BCUT2D eigenvalue weighted by Crippen LogP contribution is -2.36. The minimum absolute atomic E-state index is 0.0611. The zero-order valence-electron chi connectivity index (χ0n) is 16.1. The molecule has 0 amide bonds. The van der Waals surface area contributed by atoms with Gasteiger partial charge in [0, 0.05) is 12.7 Å². The van der Waals surface area contributed by atoms with Gasteiger partial charge in [-0.25, -0.2) is 0 Å². The molecule has 25 heavy (non-hydrogen) atoms. The molecule has 0 fully saturated rings. The van der Waals surface area contributed by atoms with Gasteiger partial charge in [0.2, 0.25) is 0 Å². The molecule has 1 unspecified atom stereocenters. The minimum Gasteiger partial charge on any atom is -0.465 e. The first-order valence-electron chi connectivity index (χ1n) is 9.14. The van der Waals surface area contributed by atoms with Gasteiger partial charge in [0.05, 0.1) is 12.0 Å². The molecular formula is C19H32N2O2S2. The zero-order chi connectivity index (χ0) is 19.0. The number of nitrogens with one attached hydrogen (secondary N) is 1. The highest BCUT2D eigenvalue weighted by molar-refractivity contribution is 7.72. The number of aryl methyl sites for hydroxylation is 1. The van der Waals surface area contributed by atoms with Crippen molar-refractivity contribution in [3.63, 3.8) is 0 Å². The van der Waals surface area contributed by atoms with E-state index in [0.29, 0.717) is 21.9 Å². The third-order valence-electron chi connectivity index (χ3n) is 4.75. The molecule has 0 bridgehead atoms. The fraction of sp³-hybridized carbons (Fsp3) is 0.737. The van der Waals surface area contributed by atoms with E-state index >= 15 is 0 Å². The SMILES string of the molecule is CC(C)CC(C)(C(=O)OCCCCCn1ccc(=S)[nH]c1=S)C(C)C. The van der Waals surface area contributed by atoms with E-state index in [0.717, 1.165) is 32.2 Å². The van der Waals surface area contributed by atoms with E-state index in [4.69, 9.17) is 29.2 Å². The predicted molar refractivity (Wildman–Crippen MR) is 108 cm³/mol. The van der Waals surface area contributed by atoms with Crippen molar-refractivity contribution in [2.24, 2.45) is 17.3 Å². The van der Waals surface area contributed by atoms with E-state index < -0.39 is 5.41 Å². The molecule has 4 nitrogen and oxygen atoms in total. The molecule has 1 atom stereocenters. The topological polar surface area (TPSA) is 47.0 Å². The molecule has 0 radical (unpaired) electrons. The van der Waals surface area contributed by atoms with Gasteiger partial charge in [-0.05, 0) is 62.7 Å². The van der Waals surface area contributed by atoms with Crippen LogP contribution in [-0.2, 0) is 16.1 Å². The number of hydrogen-bond acceptors (Lipinski definition) is 4. The Kier molecular flexibility index (Phi) is 9.00. The number of carbonyl (C=O) groups is 1. The number of aromatic amines is 1. The van der Waals surface area contributed by atoms with Crippen molar-refractivity contribution in [2.45, 2.75) is 66.8 Å². The highest BCUT2D eigenvalue weighted by atomic mass is 32.1. The number of rotatable bonds is 10. The predicted octanol–water partition coefficient (Wildman–Crippen LogP) is 5.70. The third-order valence-corrected chi connectivity index (χ3v) is 5.32. The van der Waals surface area contributed by atoms with Crippen LogP contribution in [-0.4, -0.2) is 22.1 Å². The summed E-state index contributed by atoms with van der Waals surface area (Å²) in [5.74, 6) is 0.685. The number of unbranched alkanes of at least 4 members (excludes halogenated alkanes) is 2. The second-order valence-electron chi connectivity index (χ2n) is 7.67. The third kappa shape index (κ3) is 7.02. The van der Waals surface area contributed by atoms with Gasteiger partial charge in [-0.15, -0.1) is 0 Å². The summed E-state index contributed by atoms with van der Waals surface area (Å²) >= 11 is 10.3. The summed E-state index contributed by atoms with van der Waals surface area (Å²) in [7, 11) is 0. The molecule has 0 aliphatic carbocycles. The van der Waals surface area contributed by atoms with Crippen LogP contribution >= 0.6 is 24.4 Å². The number of aromatic nitrogens is 2. The smallest absolute Gasteiger partial charge is 0.312 e. The average molecular weight is 385 g/mol. The second kappa shape index (κ2) is 10.2. The van der Waals surface area contributed by atoms with Crippen LogP contribution in [0, 0.1) is 26.7 Å². The number of H-pyrrole nitrogens is 1. The lowest BCUT2D eigenvalue weighted by atomic mass is 9.73. The molecule has 1 aromatic rings. The van der Waals surface area contributed by atoms with Crippen LogP contribution in [0.2, 0.25) is 0 Å². The minimum atomic E-state index is -0.400. The molecule has 0 spiro atoms. The summed E-state index contributed by atoms with van der Waals surface area (Å²) in [5, 5.41) is 0. The van der Waals surface area contributed by atoms with Gasteiger partial charge in [0.15, 0.2) is 4.77 Å². The van der Waals surface area contributed by atoms with Gasteiger partial charge >= 0.3 is 5.97 Å². The van der Waals surface area contributed by atoms with E-state index in [1.807, 2.05) is 23.8 Å². The van der Waals surface area contributed by atoms with Crippen LogP contribution in [0.25, 0.3) is 0 Å². The summed E-state index contributed by atoms with van der Waals surface area (Å²) in [6, 6.07) is 1.84. The molecule has 0 aromatic carbocycles. The molecule has 0 aliphatic rings. The Morgan fingerprint density at radius 1 is 1.24 bits per heavy atom. The average Bonchev–Trinajstić information content (AvgIpc) is 2.51. The van der Waals surface area contributed by atoms with Gasteiger partial charge in [-0.3, -0.25) is 4.79 Å². The molecular weight excluding hydrogens is 352 g/mol. The Balaban J connectivity index is 2.35. The molecule has 1 rings (SSSR count). The first-order chi connectivity index (χ1) is 11.7. The molecule has 6 heteroatoms. The van der Waals surface area contributed by atoms with E-state index in [9.17, 15) is 4.79 Å². The molecule has 0 saturated heterocycles. The Hall–Kier alpha value is -1.01. The maximum atomic E-state index is 12.5. The van der Waals surface area contributed by atoms with Crippen molar-refractivity contribution in [2.75, 3.05) is 6.61 Å². The molecule has 1 heterocycles. The summed E-state index contributed by atoms with van der Waals surface area (Å²) in [5.41, 5.74) is -0.400. The van der Waals surface area contributed by atoms with Gasteiger partial charge in [0.1, 0.15) is 4.64 Å². The molecule has 1 aromatic heterocycles. The summed E-state index contributed by atoms with van der Waals surface area (Å²) in [6.07, 6.45) is 5.63. The highest BCUT2D eigenvalue weighted by Gasteiger charge is 2.38. The first-order valence-corrected chi connectivity index (χ1v) is 9.95. The van der Waals surface area contributed by atoms with Crippen LogP contribution < -0.4 is 0 Å². The van der Waals surface area contributed by atoms with Crippen LogP contribution in [0.15, 0.2) is 12.3 Å². The Bertz CT molecular complexity index is 664. The van der Waals surface area contributed by atoms with Crippen molar-refractivity contribution < 1.29 is 9.53 Å². The number of ether oxygens (including phenoxy) is 1. The molecule has 1 N–H and O–H groups in total. The van der Waals surface area contributed by atoms with Crippen LogP contribution in [0.3, 0.4) is 0 Å². The quantitative estimate of drug-likeness (QED) is 0.319. The van der Waals surface area contributed by atoms with Crippen LogP contribution in [0.5, 0.6) is 0 Å². The normalized spacial score (nSPS) is 13.9. The van der Waals surface area contributed by atoms with Gasteiger partial charge in [-0.2, -0.15) is 0 Å². The summed E-state index contributed by atoms with van der Waals surface area (Å²) in [6.45, 7) is 11.8. The number of hydrogen-bond donors (Lipinski definition) is 1. The monoisotopic (exact) mass is 384 g/mol. The van der Waals surface area contributed by atoms with E-state index in [2.05, 4.69) is 32.7 Å². The number of nitrogens with zero attached hydrogens (tertiary/aromatic N) is 1. The van der Waals surface area contributed by atoms with E-state index in [1.54, 1.807) is 0 Å². The van der Waals surface area contributed by atoms with Gasteiger partial charge in [-0.1, -0.05) is 39.9 Å². The largest absolute Gasteiger partial charge is 0.465 e. The van der Waals surface area contributed by atoms with Gasteiger partial charge in [0.25, 0.3) is 0 Å². The second-order valence-corrected chi connectivity index (χ2v) is 8.50. The van der Waals surface area contributed by atoms with E-state index in [-0.39, 0.29) is 11.9 Å². The lowest BCUT2D eigenvalue weighted by molar-refractivity contribution is -0.159. The van der Waals surface area contributed by atoms with Gasteiger partial charge < -0.3 is 14.3 Å². The van der Waals surface area contributed by atoms with Crippen molar-refractivity contribution >= 4 is 30.4 Å². The summed E-state index contributed by atoms with van der Waals surface area (Å²) < 4.78 is 8.87. The Morgan fingerprint density at radius 2 is 1.92 bits per heavy atom. The van der Waals surface area contributed by atoms with Crippen LogP contribution in [0.4, 0.5) is 0 Å². The number of carbonyl (C=O) groups excluding carboxylic acids is 1. The first kappa shape index (κ1) is 22.0. The Labute approximate surface area is 162 Å². The van der Waals surface area contributed by atoms with Crippen molar-refractivity contribution in [3.8, 4) is 0 Å². The highest BCUT2D eigenvalue weighted by Crippen LogP contribution is 2.35. The fourth-order valence-electron chi connectivity index (χ4n) is 2.91. The zero-order valence-corrected chi connectivity index (χ0v) is 17.8. The number of esters is 1. The molecule has 0 aliphatic heterocycles. The van der Waals surface area contributed by atoms with Crippen molar-refractivity contribution in [1.82, 2.24) is 9.55 Å². The summed E-state index contributed by atoms with van der Waals surface area (Å²) in [4.78, 5) is 15.5. The molecule has 0 saturated carbocycles. The van der Waals surface area contributed by atoms with E-state index in [1.165, 1.54) is 0 Å². The van der Waals surface area contributed by atoms with Crippen molar-refractivity contribution in [1.29, 1.82) is 0 Å². The maximum absolute atomic E-state index is 12.5. The molecule has 142 valence electrons. The maximum Gasteiger partial charge on any atom is 0.312 e. The lowest BCUT2D eigenvalue weighted by Gasteiger charge is -2.32. The standard InChI is InChI=1S/C19H32N2O2S2/c1-14(2)13-19(5,15(3)4)17(22)23-12-8-6-7-10-21-11-9-16(24)20-18(21)25/h9,11,14-15H,6-8,10,12-13H2,1-5H3,(H,20,24,25).